The number of likely N-dealkylation sites (tertiary alicyclic amines) is 1. The summed E-state index contributed by atoms with van der Waals surface area (Å²) in [6.07, 6.45) is 1.63. The number of carbonyl (C=O) groups is 2. The third-order valence-corrected chi connectivity index (χ3v) is 6.05. The van der Waals surface area contributed by atoms with Crippen molar-refractivity contribution in [2.75, 3.05) is 13.2 Å². The van der Waals surface area contributed by atoms with Gasteiger partial charge in [0.2, 0.25) is 0 Å². The smallest absolute Gasteiger partial charge is 0.295 e. The number of hydrogen-bond acceptors (Lipinski definition) is 5. The molecule has 0 bridgehead atoms. The predicted molar refractivity (Wildman–Crippen MR) is 139 cm³/mol. The molecule has 1 heterocycles. The molecule has 1 saturated heterocycles. The van der Waals surface area contributed by atoms with Gasteiger partial charge in [0.05, 0.1) is 18.2 Å². The van der Waals surface area contributed by atoms with Crippen molar-refractivity contribution >= 4 is 29.1 Å². The van der Waals surface area contributed by atoms with E-state index in [1.165, 1.54) is 4.90 Å². The van der Waals surface area contributed by atoms with Gasteiger partial charge in [0, 0.05) is 17.1 Å². The van der Waals surface area contributed by atoms with E-state index in [1.54, 1.807) is 48.5 Å². The molecule has 3 aromatic carbocycles. The lowest BCUT2D eigenvalue weighted by atomic mass is 9.94. The molecule has 1 aliphatic heterocycles. The summed E-state index contributed by atoms with van der Waals surface area (Å²) in [6, 6.07) is 20.2. The second kappa shape index (κ2) is 11.1. The predicted octanol–water partition coefficient (Wildman–Crippen LogP) is 5.93. The molecule has 184 valence electrons. The number of ether oxygens (including phenoxy) is 2. The van der Waals surface area contributed by atoms with E-state index in [9.17, 15) is 14.7 Å². The molecule has 1 atom stereocenters. The van der Waals surface area contributed by atoms with Crippen molar-refractivity contribution in [3.63, 3.8) is 0 Å². The van der Waals surface area contributed by atoms with Crippen LogP contribution in [-0.2, 0) is 16.1 Å². The molecule has 7 heteroatoms. The van der Waals surface area contributed by atoms with Gasteiger partial charge in [-0.3, -0.25) is 9.59 Å². The topological polar surface area (TPSA) is 76.1 Å². The lowest BCUT2D eigenvalue weighted by molar-refractivity contribution is -0.140. The first-order valence-corrected chi connectivity index (χ1v) is 11.9. The lowest BCUT2D eigenvalue weighted by Gasteiger charge is -2.26. The molecule has 3 aromatic rings. The molecule has 4 rings (SSSR count). The summed E-state index contributed by atoms with van der Waals surface area (Å²) in [4.78, 5) is 28.0. The van der Waals surface area contributed by atoms with Crippen molar-refractivity contribution in [2.24, 2.45) is 0 Å². The highest BCUT2D eigenvalue weighted by atomic mass is 35.5. The zero-order chi connectivity index (χ0) is 25.7. The van der Waals surface area contributed by atoms with Crippen LogP contribution in [0.5, 0.6) is 11.5 Å². The van der Waals surface area contributed by atoms with Crippen LogP contribution in [0.25, 0.3) is 5.76 Å². The number of benzene rings is 3. The van der Waals surface area contributed by atoms with Crippen LogP contribution in [0.2, 0.25) is 5.02 Å². The fourth-order valence-electron chi connectivity index (χ4n) is 4.16. The fraction of sp³-hybridized carbons (Fsp3) is 0.172. The molecule has 0 saturated carbocycles. The van der Waals surface area contributed by atoms with Gasteiger partial charge in [-0.25, -0.2) is 0 Å². The van der Waals surface area contributed by atoms with Crippen LogP contribution < -0.4 is 9.47 Å². The maximum Gasteiger partial charge on any atom is 0.295 e. The Morgan fingerprint density at radius 1 is 1.03 bits per heavy atom. The molecule has 1 fully saturated rings. The van der Waals surface area contributed by atoms with Crippen LogP contribution in [0, 0.1) is 0 Å². The monoisotopic (exact) mass is 503 g/mol. The molecule has 0 aromatic heterocycles. The standard InChI is InChI=1S/C29H26ClNO5/c1-3-16-36-23-15-12-21(17-24(23)35-4-2)26-25(27(32)20-10-13-22(30)14-11-20)28(33)29(34)31(26)18-19-8-6-5-7-9-19/h3,5-15,17,26,32H,1,4,16,18H2,2H3/b27-25+. The average Bonchev–Trinajstić information content (AvgIpc) is 3.13. The summed E-state index contributed by atoms with van der Waals surface area (Å²) in [6.45, 7) is 6.40. The number of halogens is 1. The Hall–Kier alpha value is -4.03. The van der Waals surface area contributed by atoms with Gasteiger partial charge in [0.1, 0.15) is 12.4 Å². The Kier molecular flexibility index (Phi) is 7.76. The van der Waals surface area contributed by atoms with Crippen molar-refractivity contribution < 1.29 is 24.2 Å². The normalized spacial score (nSPS) is 16.7. The number of aliphatic hydroxyl groups excluding tert-OH is 1. The number of ketones is 1. The first-order valence-electron chi connectivity index (χ1n) is 11.5. The van der Waals surface area contributed by atoms with Crippen LogP contribution in [0.15, 0.2) is 91.0 Å². The summed E-state index contributed by atoms with van der Waals surface area (Å²) < 4.78 is 11.5. The molecule has 1 N–H and O–H groups in total. The number of amides is 1. The number of aliphatic hydroxyl groups is 1. The molecule has 1 aliphatic rings. The number of hydrogen-bond donors (Lipinski definition) is 1. The van der Waals surface area contributed by atoms with Crippen LogP contribution >= 0.6 is 11.6 Å². The van der Waals surface area contributed by atoms with Crippen molar-refractivity contribution in [1.29, 1.82) is 0 Å². The Balaban J connectivity index is 1.87. The summed E-state index contributed by atoms with van der Waals surface area (Å²) in [5.41, 5.74) is 1.85. The largest absolute Gasteiger partial charge is 0.507 e. The number of Topliss-reactive ketones (excluding diaryl/α,β-unsaturated/α-hetero) is 1. The second-order valence-electron chi connectivity index (χ2n) is 8.16. The minimum Gasteiger partial charge on any atom is -0.507 e. The highest BCUT2D eigenvalue weighted by Crippen LogP contribution is 2.42. The van der Waals surface area contributed by atoms with Gasteiger partial charge >= 0.3 is 0 Å². The first kappa shape index (κ1) is 25.1. The van der Waals surface area contributed by atoms with Crippen LogP contribution in [0.1, 0.15) is 29.7 Å². The van der Waals surface area contributed by atoms with Crippen LogP contribution in [-0.4, -0.2) is 34.9 Å². The van der Waals surface area contributed by atoms with E-state index in [-0.39, 0.29) is 17.9 Å². The van der Waals surface area contributed by atoms with Gasteiger partial charge in [0.15, 0.2) is 11.5 Å². The van der Waals surface area contributed by atoms with Crippen molar-refractivity contribution in [3.8, 4) is 11.5 Å². The van der Waals surface area contributed by atoms with E-state index < -0.39 is 17.7 Å². The Morgan fingerprint density at radius 3 is 2.42 bits per heavy atom. The number of rotatable bonds is 9. The summed E-state index contributed by atoms with van der Waals surface area (Å²) in [7, 11) is 0. The van der Waals surface area contributed by atoms with Crippen molar-refractivity contribution in [2.45, 2.75) is 19.5 Å². The zero-order valence-corrected chi connectivity index (χ0v) is 20.6. The molecule has 0 radical (unpaired) electrons. The van der Waals surface area contributed by atoms with Crippen LogP contribution in [0.3, 0.4) is 0 Å². The first-order chi connectivity index (χ1) is 17.4. The van der Waals surface area contributed by atoms with Gasteiger partial charge in [-0.2, -0.15) is 0 Å². The van der Waals surface area contributed by atoms with Gasteiger partial charge in [0.25, 0.3) is 11.7 Å². The molecule has 1 unspecified atom stereocenters. The lowest BCUT2D eigenvalue weighted by Crippen LogP contribution is -2.29. The molecule has 36 heavy (non-hydrogen) atoms. The van der Waals surface area contributed by atoms with Gasteiger partial charge in [-0.1, -0.05) is 60.7 Å². The number of nitrogens with zero attached hydrogens (tertiary/aromatic N) is 1. The minimum absolute atomic E-state index is 0.000428. The SMILES string of the molecule is C=CCOc1ccc(C2/C(=C(\O)c3ccc(Cl)cc3)C(=O)C(=O)N2Cc2ccccc2)cc1OCC. The maximum absolute atomic E-state index is 13.3. The van der Waals surface area contributed by atoms with E-state index in [2.05, 4.69) is 6.58 Å². The van der Waals surface area contributed by atoms with Crippen LogP contribution in [0.4, 0.5) is 0 Å². The molecule has 6 nitrogen and oxygen atoms in total. The average molecular weight is 504 g/mol. The van der Waals surface area contributed by atoms with Gasteiger partial charge < -0.3 is 19.5 Å². The summed E-state index contributed by atoms with van der Waals surface area (Å²) in [5, 5.41) is 11.7. The van der Waals surface area contributed by atoms with E-state index in [4.69, 9.17) is 21.1 Å². The summed E-state index contributed by atoms with van der Waals surface area (Å²) in [5.74, 6) is -0.736. The third kappa shape index (κ3) is 5.14. The van der Waals surface area contributed by atoms with Crippen molar-refractivity contribution in [3.05, 3.63) is 113 Å². The van der Waals surface area contributed by atoms with Gasteiger partial charge in [-0.05, 0) is 54.4 Å². The quantitative estimate of drug-likeness (QED) is 0.170. The van der Waals surface area contributed by atoms with E-state index in [0.717, 1.165) is 5.56 Å². The highest BCUT2D eigenvalue weighted by molar-refractivity contribution is 6.46. The highest BCUT2D eigenvalue weighted by Gasteiger charge is 2.46. The molecule has 1 amide bonds. The molecule has 0 aliphatic carbocycles. The number of carbonyl (C=O) groups excluding carboxylic acids is 2. The Morgan fingerprint density at radius 2 is 1.75 bits per heavy atom. The molecular formula is C29H26ClNO5. The molecule has 0 spiro atoms. The summed E-state index contributed by atoms with van der Waals surface area (Å²) >= 11 is 6.01. The zero-order valence-electron chi connectivity index (χ0n) is 19.8. The maximum atomic E-state index is 13.3. The Bertz CT molecular complexity index is 1300. The fourth-order valence-corrected chi connectivity index (χ4v) is 4.29. The van der Waals surface area contributed by atoms with E-state index in [1.807, 2.05) is 37.3 Å². The van der Waals surface area contributed by atoms with E-state index >= 15 is 0 Å². The Labute approximate surface area is 215 Å². The van der Waals surface area contributed by atoms with E-state index in [0.29, 0.717) is 40.9 Å². The second-order valence-corrected chi connectivity index (χ2v) is 8.59. The van der Waals surface area contributed by atoms with Crippen molar-refractivity contribution in [1.82, 2.24) is 4.90 Å². The molecular weight excluding hydrogens is 478 g/mol. The van der Waals surface area contributed by atoms with Gasteiger partial charge in [-0.15, -0.1) is 0 Å². The minimum atomic E-state index is -0.839. The third-order valence-electron chi connectivity index (χ3n) is 5.79.